The molecule has 0 aromatic heterocycles. The number of sulfonamides is 1. The van der Waals surface area contributed by atoms with Crippen LogP contribution in [0.5, 0.6) is 0 Å². The van der Waals surface area contributed by atoms with Crippen LogP contribution in [0.4, 0.5) is 5.69 Å². The highest BCUT2D eigenvalue weighted by Gasteiger charge is 2.31. The average molecular weight is 502 g/mol. The molecule has 0 fully saturated rings. The minimum absolute atomic E-state index is 0.213. The van der Waals surface area contributed by atoms with E-state index in [1.54, 1.807) is 12.1 Å². The Labute approximate surface area is 210 Å². The van der Waals surface area contributed by atoms with Gasteiger partial charge < -0.3 is 10.2 Å². The van der Waals surface area contributed by atoms with Crippen LogP contribution in [0.15, 0.2) is 48.5 Å². The largest absolute Gasteiger partial charge is 0.354 e. The first-order chi connectivity index (χ1) is 16.6. The standard InChI is InChI=1S/C27H39N3O4S/c1-6-9-18-28-27(32)25(8-3)29(19-23-12-10-21(4)11-13-23)26(31)20-30(35(5,33)34)24-16-14-22(7-2)15-17-24/h10-17,25H,6-9,18-20H2,1-5H3,(H,28,32). The fraction of sp³-hybridized carbons (Fsp3) is 0.481. The Morgan fingerprint density at radius 3 is 2.06 bits per heavy atom. The van der Waals surface area contributed by atoms with Crippen molar-refractivity contribution in [2.24, 2.45) is 0 Å². The van der Waals surface area contributed by atoms with Crippen LogP contribution in [0, 0.1) is 6.92 Å². The molecule has 2 amide bonds. The van der Waals surface area contributed by atoms with Crippen molar-refractivity contribution >= 4 is 27.5 Å². The lowest BCUT2D eigenvalue weighted by atomic mass is 10.1. The third kappa shape index (κ3) is 8.38. The number of rotatable bonds is 13. The predicted molar refractivity (Wildman–Crippen MR) is 142 cm³/mol. The summed E-state index contributed by atoms with van der Waals surface area (Å²) in [5, 5.41) is 2.93. The Hall–Kier alpha value is -2.87. The van der Waals surface area contributed by atoms with Crippen LogP contribution < -0.4 is 9.62 Å². The second-order valence-corrected chi connectivity index (χ2v) is 10.8. The number of amides is 2. The molecule has 0 aliphatic carbocycles. The molecule has 0 radical (unpaired) electrons. The summed E-state index contributed by atoms with van der Waals surface area (Å²) in [6.45, 7) is 8.28. The zero-order valence-electron chi connectivity index (χ0n) is 21.6. The van der Waals surface area contributed by atoms with Gasteiger partial charge in [-0.15, -0.1) is 0 Å². The third-order valence-corrected chi connectivity index (χ3v) is 7.14. The van der Waals surface area contributed by atoms with Crippen LogP contribution in [0.25, 0.3) is 0 Å². The van der Waals surface area contributed by atoms with Gasteiger partial charge in [0.05, 0.1) is 11.9 Å². The Balaban J connectivity index is 2.38. The normalized spacial score (nSPS) is 12.1. The molecule has 0 bridgehead atoms. The van der Waals surface area contributed by atoms with Crippen LogP contribution >= 0.6 is 0 Å². The molecule has 0 aliphatic rings. The third-order valence-electron chi connectivity index (χ3n) is 6.00. The first-order valence-electron chi connectivity index (χ1n) is 12.3. The van der Waals surface area contributed by atoms with E-state index in [9.17, 15) is 18.0 Å². The minimum Gasteiger partial charge on any atom is -0.354 e. The van der Waals surface area contributed by atoms with Crippen LogP contribution in [0.2, 0.25) is 0 Å². The quantitative estimate of drug-likeness (QED) is 0.420. The van der Waals surface area contributed by atoms with E-state index in [4.69, 9.17) is 0 Å². The lowest BCUT2D eigenvalue weighted by molar-refractivity contribution is -0.140. The van der Waals surface area contributed by atoms with E-state index in [1.165, 1.54) is 4.90 Å². The summed E-state index contributed by atoms with van der Waals surface area (Å²) in [7, 11) is -3.73. The molecule has 0 saturated heterocycles. The van der Waals surface area contributed by atoms with Crippen molar-refractivity contribution in [3.05, 3.63) is 65.2 Å². The van der Waals surface area contributed by atoms with Crippen LogP contribution in [0.1, 0.15) is 56.7 Å². The summed E-state index contributed by atoms with van der Waals surface area (Å²) in [5.41, 5.74) is 3.47. The number of anilines is 1. The van der Waals surface area contributed by atoms with Gasteiger partial charge in [-0.2, -0.15) is 0 Å². The average Bonchev–Trinajstić information content (AvgIpc) is 2.83. The molecule has 192 valence electrons. The summed E-state index contributed by atoms with van der Waals surface area (Å²) in [5.74, 6) is -0.646. The van der Waals surface area contributed by atoms with Crippen molar-refractivity contribution in [2.45, 2.75) is 66.0 Å². The number of nitrogens with zero attached hydrogens (tertiary/aromatic N) is 2. The maximum absolute atomic E-state index is 13.6. The van der Waals surface area contributed by atoms with Gasteiger partial charge in [0.2, 0.25) is 21.8 Å². The number of aryl methyl sites for hydroxylation is 2. The number of unbranched alkanes of at least 4 members (excludes halogenated alkanes) is 1. The Morgan fingerprint density at radius 2 is 1.54 bits per heavy atom. The molecule has 1 unspecified atom stereocenters. The smallest absolute Gasteiger partial charge is 0.244 e. The summed E-state index contributed by atoms with van der Waals surface area (Å²) in [4.78, 5) is 28.2. The molecule has 0 spiro atoms. The number of nitrogens with one attached hydrogen (secondary N) is 1. The Bertz CT molecular complexity index is 1070. The number of hydrogen-bond donors (Lipinski definition) is 1. The minimum atomic E-state index is -3.73. The zero-order chi connectivity index (χ0) is 26.0. The van der Waals surface area contributed by atoms with Gasteiger partial charge in [0.15, 0.2) is 0 Å². The van der Waals surface area contributed by atoms with Gasteiger partial charge >= 0.3 is 0 Å². The predicted octanol–water partition coefficient (Wildman–Crippen LogP) is 4.05. The van der Waals surface area contributed by atoms with E-state index < -0.39 is 22.0 Å². The van der Waals surface area contributed by atoms with Crippen molar-refractivity contribution in [1.82, 2.24) is 10.2 Å². The van der Waals surface area contributed by atoms with Gasteiger partial charge in [0, 0.05) is 13.1 Å². The van der Waals surface area contributed by atoms with E-state index in [0.29, 0.717) is 18.7 Å². The zero-order valence-corrected chi connectivity index (χ0v) is 22.4. The van der Waals surface area contributed by atoms with Crippen molar-refractivity contribution in [1.29, 1.82) is 0 Å². The van der Waals surface area contributed by atoms with Crippen LogP contribution in [-0.4, -0.2) is 50.5 Å². The summed E-state index contributed by atoms with van der Waals surface area (Å²) >= 11 is 0. The van der Waals surface area contributed by atoms with Gasteiger partial charge in [0.25, 0.3) is 0 Å². The molecule has 2 rings (SSSR count). The maximum Gasteiger partial charge on any atom is 0.244 e. The fourth-order valence-electron chi connectivity index (χ4n) is 3.83. The number of benzene rings is 2. The molecular weight excluding hydrogens is 462 g/mol. The Morgan fingerprint density at radius 1 is 0.943 bits per heavy atom. The second-order valence-electron chi connectivity index (χ2n) is 8.87. The highest BCUT2D eigenvalue weighted by Crippen LogP contribution is 2.21. The topological polar surface area (TPSA) is 86.8 Å². The molecule has 2 aromatic rings. The van der Waals surface area contributed by atoms with E-state index in [2.05, 4.69) is 5.32 Å². The molecule has 1 N–H and O–H groups in total. The summed E-state index contributed by atoms with van der Waals surface area (Å²) in [6.07, 6.45) is 4.13. The lowest BCUT2D eigenvalue weighted by Gasteiger charge is -2.33. The van der Waals surface area contributed by atoms with Crippen molar-refractivity contribution in [3.8, 4) is 0 Å². The summed E-state index contributed by atoms with van der Waals surface area (Å²) in [6, 6.07) is 14.2. The number of carbonyl (C=O) groups is 2. The van der Waals surface area contributed by atoms with Gasteiger partial charge in [-0.05, 0) is 49.4 Å². The van der Waals surface area contributed by atoms with Gasteiger partial charge in [-0.25, -0.2) is 8.42 Å². The maximum atomic E-state index is 13.6. The molecular formula is C27H39N3O4S. The molecule has 2 aromatic carbocycles. The van der Waals surface area contributed by atoms with Gasteiger partial charge in [-0.1, -0.05) is 69.2 Å². The highest BCUT2D eigenvalue weighted by molar-refractivity contribution is 7.92. The Kier molecular flexibility index (Phi) is 10.8. The van der Waals surface area contributed by atoms with Crippen molar-refractivity contribution < 1.29 is 18.0 Å². The first-order valence-corrected chi connectivity index (χ1v) is 14.1. The monoisotopic (exact) mass is 501 g/mol. The van der Waals surface area contributed by atoms with Gasteiger partial charge in [-0.3, -0.25) is 13.9 Å². The van der Waals surface area contributed by atoms with Gasteiger partial charge in [0.1, 0.15) is 12.6 Å². The van der Waals surface area contributed by atoms with Crippen LogP contribution in [-0.2, 0) is 32.6 Å². The molecule has 35 heavy (non-hydrogen) atoms. The SMILES string of the molecule is CCCCNC(=O)C(CC)N(Cc1ccc(C)cc1)C(=O)CN(c1ccc(CC)cc1)S(C)(=O)=O. The molecule has 7 nitrogen and oxygen atoms in total. The van der Waals surface area contributed by atoms with E-state index >= 15 is 0 Å². The van der Waals surface area contributed by atoms with Crippen molar-refractivity contribution in [3.63, 3.8) is 0 Å². The molecule has 0 saturated carbocycles. The van der Waals surface area contributed by atoms with Crippen LogP contribution in [0.3, 0.4) is 0 Å². The summed E-state index contributed by atoms with van der Waals surface area (Å²) < 4.78 is 26.4. The highest BCUT2D eigenvalue weighted by atomic mass is 32.2. The number of hydrogen-bond acceptors (Lipinski definition) is 4. The van der Waals surface area contributed by atoms with E-state index in [-0.39, 0.29) is 19.0 Å². The molecule has 0 heterocycles. The van der Waals surface area contributed by atoms with E-state index in [0.717, 1.165) is 46.5 Å². The second kappa shape index (κ2) is 13.3. The fourth-order valence-corrected chi connectivity index (χ4v) is 4.68. The molecule has 0 aliphatic heterocycles. The first kappa shape index (κ1) is 28.4. The lowest BCUT2D eigenvalue weighted by Crippen LogP contribution is -2.52. The van der Waals surface area contributed by atoms with E-state index in [1.807, 2.05) is 64.1 Å². The molecule has 1 atom stereocenters. The molecule has 8 heteroatoms. The number of carbonyl (C=O) groups excluding carboxylic acids is 2. The van der Waals surface area contributed by atoms with Crippen molar-refractivity contribution in [2.75, 3.05) is 23.7 Å².